The number of rotatable bonds is 24. The molecular formula is C37H47N19O6. The zero-order chi connectivity index (χ0) is 43.8. The third-order valence-electron chi connectivity index (χ3n) is 9.73. The first-order valence-corrected chi connectivity index (χ1v) is 19.4. The van der Waals surface area contributed by atoms with Gasteiger partial charge in [0, 0.05) is 110 Å². The molecule has 0 aromatic carbocycles. The third kappa shape index (κ3) is 12.5. The average molecular weight is 854 g/mol. The van der Waals surface area contributed by atoms with Crippen LogP contribution < -0.4 is 37.6 Å². The van der Waals surface area contributed by atoms with Crippen molar-refractivity contribution >= 4 is 35.4 Å². The van der Waals surface area contributed by atoms with Crippen molar-refractivity contribution in [1.82, 2.24) is 91.7 Å². The fourth-order valence-electron chi connectivity index (χ4n) is 6.44. The Bertz CT molecular complexity index is 2290. The Kier molecular flexibility index (Phi) is 15.0. The van der Waals surface area contributed by atoms with Gasteiger partial charge >= 0.3 is 0 Å². The number of hydrogen-bond donors (Lipinski definition) is 13. The maximum absolute atomic E-state index is 14.3. The molecule has 0 aliphatic carbocycles. The van der Waals surface area contributed by atoms with Gasteiger partial charge in [-0.1, -0.05) is 0 Å². The molecule has 25 heteroatoms. The number of aromatic amines is 6. The van der Waals surface area contributed by atoms with E-state index in [1.54, 1.807) is 13.2 Å². The first-order chi connectivity index (χ1) is 30.0. The van der Waals surface area contributed by atoms with Crippen molar-refractivity contribution in [3.63, 3.8) is 0 Å². The normalized spacial score (nSPS) is 14.1. The molecule has 0 spiro atoms. The third-order valence-corrected chi connectivity index (χ3v) is 9.73. The number of primary amides is 1. The van der Waals surface area contributed by atoms with Crippen LogP contribution in [0.15, 0.2) is 75.1 Å². The largest absolute Gasteiger partial charge is 0.368 e. The van der Waals surface area contributed by atoms with E-state index in [9.17, 15) is 28.8 Å². The van der Waals surface area contributed by atoms with Gasteiger partial charge in [-0.2, -0.15) is 0 Å². The summed E-state index contributed by atoms with van der Waals surface area (Å²) in [5, 5.41) is 16.5. The number of nitrogens with two attached hydrogens (primary N) is 1. The van der Waals surface area contributed by atoms with E-state index in [1.807, 2.05) is 0 Å². The fraction of sp³-hybridized carbons (Fsp3) is 0.351. The molecule has 6 atom stereocenters. The van der Waals surface area contributed by atoms with Gasteiger partial charge in [0.25, 0.3) is 0 Å². The van der Waals surface area contributed by atoms with Gasteiger partial charge in [0.05, 0.1) is 44.0 Å². The summed E-state index contributed by atoms with van der Waals surface area (Å²) >= 11 is 0. The second kappa shape index (κ2) is 21.3. The SMILES string of the molecule is CN[C@@H](Cc1cnc[nH]1)C(=O)N[C@@H](Cc1cnc[nH]1)C(=O)N[C@@H](Cc1cnc[nH]1)C(=O)N[C@@H](Cc1cnc[nH]1)C(=O)N[C@@H](Cc1cnc[nH]1)C(=O)N[C@@H](Cc1cnc[nH]1)C(N)=O. The molecule has 0 fully saturated rings. The molecule has 0 saturated carbocycles. The predicted molar refractivity (Wildman–Crippen MR) is 215 cm³/mol. The molecule has 0 radical (unpaired) electrons. The maximum Gasteiger partial charge on any atom is 0.243 e. The molecule has 0 unspecified atom stereocenters. The van der Waals surface area contributed by atoms with Gasteiger partial charge in [0.2, 0.25) is 35.4 Å². The van der Waals surface area contributed by atoms with Gasteiger partial charge < -0.3 is 67.5 Å². The summed E-state index contributed by atoms with van der Waals surface area (Å²) < 4.78 is 0. The highest BCUT2D eigenvalue weighted by Crippen LogP contribution is 2.09. The Hall–Kier alpha value is -7.96. The van der Waals surface area contributed by atoms with Crippen molar-refractivity contribution in [3.8, 4) is 0 Å². The standard InChI is InChI=1S/C37H47N19O6/c1-39-27(3-21-9-41-15-47-21)33(58)53-29(5-23-11-43-17-49-23)35(60)55-31(7-25-13-45-19-51-25)37(62)56-30(6-24-12-44-18-50-24)36(61)54-28(4-22-10-42-16-48-22)34(59)52-26(32(38)57)2-20-8-40-14-46-20/h8-19,26-31,39H,2-7H2,1H3,(H2,38,57)(H,40,46)(H,41,47)(H,42,48)(H,43,49)(H,44,50)(H,45,51)(H,52,59)(H,53,58)(H,54,61)(H,55,60)(H,56,62)/t26-,27-,28-,29-,30-,31-/m0/s1. The lowest BCUT2D eigenvalue weighted by Gasteiger charge is -2.27. The Morgan fingerprint density at radius 2 is 0.613 bits per heavy atom. The van der Waals surface area contributed by atoms with Gasteiger partial charge in [-0.25, -0.2) is 29.9 Å². The number of H-pyrrole nitrogens is 6. The molecule has 0 bridgehead atoms. The number of carbonyl (C=O) groups is 6. The van der Waals surface area contributed by atoms with Crippen LogP contribution in [0.3, 0.4) is 0 Å². The summed E-state index contributed by atoms with van der Waals surface area (Å²) in [6.45, 7) is 0. The maximum atomic E-state index is 14.3. The minimum Gasteiger partial charge on any atom is -0.368 e. The lowest BCUT2D eigenvalue weighted by atomic mass is 10.0. The number of imidazole rings is 6. The lowest BCUT2D eigenvalue weighted by molar-refractivity contribution is -0.135. The van der Waals surface area contributed by atoms with Crippen molar-refractivity contribution in [2.45, 2.75) is 74.8 Å². The Labute approximate surface area is 352 Å². The molecule has 0 saturated heterocycles. The first kappa shape index (κ1) is 43.6. The summed E-state index contributed by atoms with van der Waals surface area (Å²) in [5.74, 6) is -4.35. The Balaban J connectivity index is 1.22. The number of nitrogens with one attached hydrogen (secondary N) is 12. The van der Waals surface area contributed by atoms with E-state index in [4.69, 9.17) is 5.73 Å². The van der Waals surface area contributed by atoms with Crippen LogP contribution in [-0.4, -0.2) is 139 Å². The molecule has 25 nitrogen and oxygen atoms in total. The molecule has 6 aromatic heterocycles. The molecular weight excluding hydrogens is 807 g/mol. The van der Waals surface area contributed by atoms with Crippen LogP contribution in [-0.2, 0) is 67.3 Å². The minimum absolute atomic E-state index is 0.00142. The van der Waals surface area contributed by atoms with Crippen LogP contribution in [0.4, 0.5) is 0 Å². The van der Waals surface area contributed by atoms with Crippen LogP contribution in [0.2, 0.25) is 0 Å². The van der Waals surface area contributed by atoms with Gasteiger partial charge in [0.15, 0.2) is 0 Å². The monoisotopic (exact) mass is 853 g/mol. The highest BCUT2D eigenvalue weighted by atomic mass is 16.2. The van der Waals surface area contributed by atoms with Crippen LogP contribution >= 0.6 is 0 Å². The Morgan fingerprint density at radius 3 is 0.823 bits per heavy atom. The van der Waals surface area contributed by atoms with E-state index in [2.05, 4.69) is 91.7 Å². The number of nitrogens with zero attached hydrogens (tertiary/aromatic N) is 6. The number of likely N-dealkylation sites (N-methyl/N-ethyl adjacent to an activating group) is 1. The van der Waals surface area contributed by atoms with Gasteiger partial charge in [-0.3, -0.25) is 28.8 Å². The van der Waals surface area contributed by atoms with E-state index >= 15 is 0 Å². The molecule has 6 rings (SSSR count). The molecule has 326 valence electrons. The zero-order valence-corrected chi connectivity index (χ0v) is 33.3. The molecule has 62 heavy (non-hydrogen) atoms. The smallest absolute Gasteiger partial charge is 0.243 e. The van der Waals surface area contributed by atoms with Crippen LogP contribution in [0, 0.1) is 0 Å². The lowest BCUT2D eigenvalue weighted by Crippen LogP contribution is -2.61. The van der Waals surface area contributed by atoms with E-state index in [0.717, 1.165) is 0 Å². The average Bonchev–Trinajstić information content (AvgIpc) is 4.11. The van der Waals surface area contributed by atoms with E-state index in [1.165, 1.54) is 68.9 Å². The molecule has 6 amide bonds. The summed E-state index contributed by atoms with van der Waals surface area (Å²) in [5.41, 5.74) is 8.79. The van der Waals surface area contributed by atoms with Gasteiger partial charge in [-0.15, -0.1) is 0 Å². The minimum atomic E-state index is -1.35. The molecule has 0 aliphatic rings. The van der Waals surface area contributed by atoms with Crippen molar-refractivity contribution in [3.05, 3.63) is 109 Å². The van der Waals surface area contributed by atoms with Crippen LogP contribution in [0.25, 0.3) is 0 Å². The molecule has 6 aromatic rings. The number of carbonyl (C=O) groups excluding carboxylic acids is 6. The highest BCUT2D eigenvalue weighted by molar-refractivity contribution is 5.97. The van der Waals surface area contributed by atoms with Gasteiger partial charge in [-0.05, 0) is 7.05 Å². The number of hydrogen-bond acceptors (Lipinski definition) is 13. The van der Waals surface area contributed by atoms with Crippen LogP contribution in [0.5, 0.6) is 0 Å². The predicted octanol–water partition coefficient (Wildman–Crippen LogP) is -3.72. The van der Waals surface area contributed by atoms with Gasteiger partial charge in [0.1, 0.15) is 30.2 Å². The first-order valence-electron chi connectivity index (χ1n) is 19.4. The Morgan fingerprint density at radius 1 is 0.403 bits per heavy atom. The topological polar surface area (TPSA) is 373 Å². The summed E-state index contributed by atoms with van der Waals surface area (Å²) in [6, 6.07) is -7.09. The summed E-state index contributed by atoms with van der Waals surface area (Å²) in [4.78, 5) is 124. The number of amides is 6. The van der Waals surface area contributed by atoms with Crippen molar-refractivity contribution in [1.29, 1.82) is 0 Å². The zero-order valence-electron chi connectivity index (χ0n) is 33.3. The molecule has 6 heterocycles. The number of aromatic nitrogens is 12. The fourth-order valence-corrected chi connectivity index (χ4v) is 6.44. The summed E-state index contributed by atoms with van der Waals surface area (Å²) in [6.07, 6.45) is 17.4. The highest BCUT2D eigenvalue weighted by Gasteiger charge is 2.34. The van der Waals surface area contributed by atoms with Crippen LogP contribution in [0.1, 0.15) is 34.2 Å². The second-order valence-electron chi connectivity index (χ2n) is 14.2. The molecule has 14 N–H and O–H groups in total. The van der Waals surface area contributed by atoms with E-state index in [-0.39, 0.29) is 38.5 Å². The van der Waals surface area contributed by atoms with Crippen molar-refractivity contribution < 1.29 is 28.8 Å². The molecule has 0 aliphatic heterocycles. The quantitative estimate of drug-likeness (QED) is 0.0279. The van der Waals surface area contributed by atoms with Crippen molar-refractivity contribution in [2.24, 2.45) is 5.73 Å². The van der Waals surface area contributed by atoms with E-state index in [0.29, 0.717) is 34.2 Å². The van der Waals surface area contributed by atoms with Crippen molar-refractivity contribution in [2.75, 3.05) is 7.05 Å². The second-order valence-corrected chi connectivity index (χ2v) is 14.2. The van der Waals surface area contributed by atoms with E-state index < -0.39 is 71.7 Å². The summed E-state index contributed by atoms with van der Waals surface area (Å²) in [7, 11) is 1.61.